The highest BCUT2D eigenvalue weighted by atomic mass is 14.9. The smallest absolute Gasteiger partial charge is 0.0342 e. The zero-order chi connectivity index (χ0) is 15.9. The minimum absolute atomic E-state index is 0.658. The fraction of sp³-hybridized carbons (Fsp3) is 0.714. The molecule has 1 rings (SSSR count). The van der Waals surface area contributed by atoms with E-state index in [0.717, 1.165) is 0 Å². The summed E-state index contributed by atoms with van der Waals surface area (Å²) in [7, 11) is 0. The third-order valence-electron chi connectivity index (χ3n) is 4.46. The van der Waals surface area contributed by atoms with Crippen LogP contribution in [0, 0.1) is 0 Å². The summed E-state index contributed by atoms with van der Waals surface area (Å²) in [6.07, 6.45) is 16.5. The summed E-state index contributed by atoms with van der Waals surface area (Å²) in [5.41, 5.74) is 1.29. The average molecular weight is 304 g/mol. The van der Waals surface area contributed by atoms with Crippen molar-refractivity contribution in [2.75, 3.05) is 5.32 Å². The van der Waals surface area contributed by atoms with Crippen LogP contribution in [0.5, 0.6) is 0 Å². The van der Waals surface area contributed by atoms with Crippen molar-refractivity contribution in [3.63, 3.8) is 0 Å². The van der Waals surface area contributed by atoms with Gasteiger partial charge in [-0.05, 0) is 25.0 Å². The van der Waals surface area contributed by atoms with E-state index in [2.05, 4.69) is 49.5 Å². The number of rotatable bonds is 14. The minimum Gasteiger partial charge on any atom is -0.382 e. The van der Waals surface area contributed by atoms with E-state index in [4.69, 9.17) is 0 Å². The summed E-state index contributed by atoms with van der Waals surface area (Å²) in [5, 5.41) is 3.76. The first-order valence-corrected chi connectivity index (χ1v) is 9.68. The number of hydrogen-bond donors (Lipinski definition) is 1. The molecule has 1 nitrogen and oxygen atoms in total. The Morgan fingerprint density at radius 1 is 0.682 bits per heavy atom. The van der Waals surface area contributed by atoms with Crippen molar-refractivity contribution in [1.29, 1.82) is 0 Å². The Morgan fingerprint density at radius 2 is 1.18 bits per heavy atom. The van der Waals surface area contributed by atoms with E-state index in [9.17, 15) is 0 Å². The van der Waals surface area contributed by atoms with Gasteiger partial charge in [-0.1, -0.05) is 96.3 Å². The van der Waals surface area contributed by atoms with Crippen molar-refractivity contribution in [3.8, 4) is 0 Å². The lowest BCUT2D eigenvalue weighted by molar-refractivity contribution is 0.507. The third-order valence-corrected chi connectivity index (χ3v) is 4.46. The molecular weight excluding hydrogens is 266 g/mol. The maximum atomic E-state index is 3.76. The molecule has 0 atom stereocenters. The normalized spacial score (nSPS) is 11.0. The Morgan fingerprint density at radius 3 is 1.68 bits per heavy atom. The monoisotopic (exact) mass is 303 g/mol. The van der Waals surface area contributed by atoms with E-state index in [-0.39, 0.29) is 0 Å². The predicted octanol–water partition coefficient (Wildman–Crippen LogP) is 7.19. The predicted molar refractivity (Wildman–Crippen MR) is 101 cm³/mol. The van der Waals surface area contributed by atoms with Crippen LogP contribution < -0.4 is 5.32 Å². The van der Waals surface area contributed by atoms with Gasteiger partial charge in [-0.2, -0.15) is 0 Å². The number of unbranched alkanes of at least 4 members (excludes halogenated alkanes) is 8. The molecule has 22 heavy (non-hydrogen) atoms. The topological polar surface area (TPSA) is 12.0 Å². The van der Waals surface area contributed by atoms with Crippen molar-refractivity contribution < 1.29 is 0 Å². The molecule has 0 unspecified atom stereocenters. The van der Waals surface area contributed by atoms with Gasteiger partial charge in [0.15, 0.2) is 0 Å². The van der Waals surface area contributed by atoms with Crippen LogP contribution in [0.25, 0.3) is 0 Å². The lowest BCUT2D eigenvalue weighted by Crippen LogP contribution is -2.19. The van der Waals surface area contributed by atoms with Crippen LogP contribution in [-0.2, 0) is 0 Å². The van der Waals surface area contributed by atoms with Gasteiger partial charge in [0.05, 0.1) is 0 Å². The van der Waals surface area contributed by atoms with E-state index in [0.29, 0.717) is 6.04 Å². The van der Waals surface area contributed by atoms with Gasteiger partial charge in [-0.3, -0.25) is 0 Å². The molecule has 1 N–H and O–H groups in total. The Labute approximate surface area is 138 Å². The summed E-state index contributed by atoms with van der Waals surface area (Å²) in [6.45, 7) is 4.58. The molecule has 0 aliphatic heterocycles. The van der Waals surface area contributed by atoms with Crippen LogP contribution in [-0.4, -0.2) is 6.04 Å². The molecule has 0 bridgehead atoms. The molecule has 0 aliphatic carbocycles. The molecule has 1 aromatic rings. The molecule has 1 heteroatoms. The van der Waals surface area contributed by atoms with Crippen LogP contribution in [0.2, 0.25) is 0 Å². The van der Waals surface area contributed by atoms with Crippen molar-refractivity contribution in [3.05, 3.63) is 30.3 Å². The Balaban J connectivity index is 2.29. The number of benzene rings is 1. The van der Waals surface area contributed by atoms with Crippen LogP contribution in [0.1, 0.15) is 90.9 Å². The van der Waals surface area contributed by atoms with E-state index >= 15 is 0 Å². The molecule has 0 amide bonds. The number of hydrogen-bond acceptors (Lipinski definition) is 1. The fourth-order valence-electron chi connectivity index (χ4n) is 3.05. The second-order valence-corrected chi connectivity index (χ2v) is 6.61. The van der Waals surface area contributed by atoms with Crippen molar-refractivity contribution in [1.82, 2.24) is 0 Å². The van der Waals surface area contributed by atoms with Crippen LogP contribution in [0.4, 0.5) is 5.69 Å². The van der Waals surface area contributed by atoms with Gasteiger partial charge in [0.2, 0.25) is 0 Å². The summed E-state index contributed by atoms with van der Waals surface area (Å²) in [5.74, 6) is 0. The highest BCUT2D eigenvalue weighted by molar-refractivity contribution is 5.43. The van der Waals surface area contributed by atoms with Gasteiger partial charge in [-0.15, -0.1) is 0 Å². The van der Waals surface area contributed by atoms with Crippen LogP contribution in [0.3, 0.4) is 0 Å². The van der Waals surface area contributed by atoms with Gasteiger partial charge < -0.3 is 5.32 Å². The standard InChI is InChI=1S/C21H37N/c1-3-5-7-9-12-16-20(17-13-10-8-6-4-2)22-21-18-14-11-15-19-21/h11,14-15,18-20,22H,3-10,12-13,16-17H2,1-2H3. The van der Waals surface area contributed by atoms with E-state index < -0.39 is 0 Å². The Hall–Kier alpha value is -0.980. The van der Waals surface area contributed by atoms with E-state index in [1.54, 1.807) is 0 Å². The highest BCUT2D eigenvalue weighted by Crippen LogP contribution is 2.18. The van der Waals surface area contributed by atoms with Crippen molar-refractivity contribution >= 4 is 5.69 Å². The quantitative estimate of drug-likeness (QED) is 0.359. The molecule has 126 valence electrons. The largest absolute Gasteiger partial charge is 0.382 e. The lowest BCUT2D eigenvalue weighted by Gasteiger charge is -2.20. The van der Waals surface area contributed by atoms with Gasteiger partial charge in [-0.25, -0.2) is 0 Å². The highest BCUT2D eigenvalue weighted by Gasteiger charge is 2.08. The zero-order valence-electron chi connectivity index (χ0n) is 14.9. The number of para-hydroxylation sites is 1. The first-order valence-electron chi connectivity index (χ1n) is 9.68. The summed E-state index contributed by atoms with van der Waals surface area (Å²) in [4.78, 5) is 0. The molecule has 0 fully saturated rings. The minimum atomic E-state index is 0.658. The third kappa shape index (κ3) is 9.87. The van der Waals surface area contributed by atoms with Gasteiger partial charge in [0, 0.05) is 11.7 Å². The maximum absolute atomic E-state index is 3.76. The molecule has 0 heterocycles. The fourth-order valence-corrected chi connectivity index (χ4v) is 3.05. The Kier molecular flexibility index (Phi) is 11.8. The number of anilines is 1. The summed E-state index contributed by atoms with van der Waals surface area (Å²) < 4.78 is 0. The molecule has 0 radical (unpaired) electrons. The zero-order valence-corrected chi connectivity index (χ0v) is 14.9. The molecule has 0 saturated heterocycles. The molecule has 1 aromatic carbocycles. The first-order chi connectivity index (χ1) is 10.9. The van der Waals surface area contributed by atoms with Crippen LogP contribution in [0.15, 0.2) is 30.3 Å². The van der Waals surface area contributed by atoms with Crippen molar-refractivity contribution in [2.45, 2.75) is 96.9 Å². The summed E-state index contributed by atoms with van der Waals surface area (Å²) in [6, 6.07) is 11.4. The number of nitrogens with one attached hydrogen (secondary N) is 1. The maximum Gasteiger partial charge on any atom is 0.0342 e. The molecule has 0 aliphatic rings. The van der Waals surface area contributed by atoms with Crippen molar-refractivity contribution in [2.24, 2.45) is 0 Å². The second-order valence-electron chi connectivity index (χ2n) is 6.61. The SMILES string of the molecule is CCCCCCCC(CCCCCCC)Nc1ccccc1. The molecule has 0 aromatic heterocycles. The summed E-state index contributed by atoms with van der Waals surface area (Å²) >= 11 is 0. The van der Waals surface area contributed by atoms with Gasteiger partial charge in [0.1, 0.15) is 0 Å². The molecule has 0 saturated carbocycles. The Bertz CT molecular complexity index is 319. The van der Waals surface area contributed by atoms with Gasteiger partial charge >= 0.3 is 0 Å². The second kappa shape index (κ2) is 13.7. The van der Waals surface area contributed by atoms with Gasteiger partial charge in [0.25, 0.3) is 0 Å². The molecular formula is C21H37N. The molecule has 0 spiro atoms. The van der Waals surface area contributed by atoms with Crippen LogP contribution >= 0.6 is 0 Å². The lowest BCUT2D eigenvalue weighted by atomic mass is 10.00. The first kappa shape index (κ1) is 19.1. The average Bonchev–Trinajstić information content (AvgIpc) is 2.55. The van der Waals surface area contributed by atoms with E-state index in [1.807, 2.05) is 0 Å². The van der Waals surface area contributed by atoms with E-state index in [1.165, 1.54) is 82.7 Å².